The normalized spacial score (nSPS) is 15.5. The predicted molar refractivity (Wildman–Crippen MR) is 91.8 cm³/mol. The van der Waals surface area contributed by atoms with Crippen molar-refractivity contribution in [3.05, 3.63) is 42.2 Å². The summed E-state index contributed by atoms with van der Waals surface area (Å²) < 4.78 is 1.80. The molecule has 3 rings (SSSR count). The molecule has 0 unspecified atom stereocenters. The maximum atomic E-state index is 12.3. The molecule has 0 bridgehead atoms. The number of aryl methyl sites for hydroxylation is 1. The number of carbonyl (C=O) groups excluding carboxylic acids is 1. The Morgan fingerprint density at radius 1 is 1.30 bits per heavy atom. The minimum absolute atomic E-state index is 0.0832. The van der Waals surface area contributed by atoms with Crippen molar-refractivity contribution in [1.29, 1.82) is 0 Å². The van der Waals surface area contributed by atoms with E-state index in [1.807, 2.05) is 43.5 Å². The van der Waals surface area contributed by atoms with Gasteiger partial charge in [-0.25, -0.2) is 4.68 Å². The van der Waals surface area contributed by atoms with Crippen LogP contribution in [0.1, 0.15) is 31.4 Å². The third-order valence-corrected chi connectivity index (χ3v) is 4.39. The molecule has 2 N–H and O–H groups in total. The van der Waals surface area contributed by atoms with Crippen LogP contribution in [0.5, 0.6) is 0 Å². The molecule has 2 aromatic rings. The Bertz CT molecular complexity index is 659. The van der Waals surface area contributed by atoms with Gasteiger partial charge in [-0.05, 0) is 63.4 Å². The van der Waals surface area contributed by atoms with E-state index in [-0.39, 0.29) is 5.91 Å². The highest BCUT2D eigenvalue weighted by Crippen LogP contribution is 2.21. The molecule has 5 heteroatoms. The highest BCUT2D eigenvalue weighted by molar-refractivity contribution is 5.92. The van der Waals surface area contributed by atoms with Gasteiger partial charge in [0.05, 0.1) is 17.1 Å². The minimum Gasteiger partial charge on any atom is -0.324 e. The number of piperidine rings is 1. The van der Waals surface area contributed by atoms with Crippen molar-refractivity contribution in [3.63, 3.8) is 0 Å². The molecular formula is C18H24N4O. The number of nitrogens with zero attached hydrogens (tertiary/aromatic N) is 2. The number of hydrogen-bond donors (Lipinski definition) is 2. The first-order valence-electron chi connectivity index (χ1n) is 8.34. The largest absolute Gasteiger partial charge is 0.324 e. The van der Waals surface area contributed by atoms with Crippen molar-refractivity contribution in [2.24, 2.45) is 5.92 Å². The van der Waals surface area contributed by atoms with Crippen LogP contribution in [-0.2, 0) is 4.79 Å². The third kappa shape index (κ3) is 4.20. The highest BCUT2D eigenvalue weighted by Gasteiger charge is 2.15. The van der Waals surface area contributed by atoms with E-state index in [9.17, 15) is 4.79 Å². The van der Waals surface area contributed by atoms with E-state index < -0.39 is 0 Å². The van der Waals surface area contributed by atoms with Crippen molar-refractivity contribution < 1.29 is 4.79 Å². The summed E-state index contributed by atoms with van der Waals surface area (Å²) in [5.74, 6) is 0.755. The molecule has 0 radical (unpaired) electrons. The van der Waals surface area contributed by atoms with Gasteiger partial charge in [-0.15, -0.1) is 0 Å². The Hall–Kier alpha value is -2.14. The minimum atomic E-state index is 0.0832. The molecule has 0 aliphatic carbocycles. The van der Waals surface area contributed by atoms with E-state index >= 15 is 0 Å². The third-order valence-electron chi connectivity index (χ3n) is 4.39. The second-order valence-electron chi connectivity index (χ2n) is 6.20. The fraction of sp³-hybridized carbons (Fsp3) is 0.444. The van der Waals surface area contributed by atoms with E-state index in [2.05, 4.69) is 15.7 Å². The molecule has 1 amide bonds. The molecule has 1 aliphatic heterocycles. The summed E-state index contributed by atoms with van der Waals surface area (Å²) in [6.07, 6.45) is 5.82. The van der Waals surface area contributed by atoms with Gasteiger partial charge in [0.1, 0.15) is 0 Å². The van der Waals surface area contributed by atoms with Gasteiger partial charge in [0.15, 0.2) is 0 Å². The van der Waals surface area contributed by atoms with Gasteiger partial charge < -0.3 is 10.6 Å². The summed E-state index contributed by atoms with van der Waals surface area (Å²) in [4.78, 5) is 12.3. The Labute approximate surface area is 137 Å². The number of rotatable bonds is 5. The fourth-order valence-electron chi connectivity index (χ4n) is 3.05. The van der Waals surface area contributed by atoms with Gasteiger partial charge in [0, 0.05) is 12.6 Å². The van der Waals surface area contributed by atoms with E-state index in [1.165, 1.54) is 12.8 Å². The number of para-hydroxylation sites is 2. The van der Waals surface area contributed by atoms with Crippen LogP contribution in [0.4, 0.5) is 5.69 Å². The first kappa shape index (κ1) is 15.7. The summed E-state index contributed by atoms with van der Waals surface area (Å²) in [7, 11) is 0. The molecule has 0 atom stereocenters. The van der Waals surface area contributed by atoms with Crippen LogP contribution in [0.25, 0.3) is 5.69 Å². The van der Waals surface area contributed by atoms with Crippen LogP contribution in [0.2, 0.25) is 0 Å². The van der Waals surface area contributed by atoms with Gasteiger partial charge in [0.2, 0.25) is 5.91 Å². The zero-order chi connectivity index (χ0) is 16.1. The van der Waals surface area contributed by atoms with Crippen molar-refractivity contribution >= 4 is 11.6 Å². The van der Waals surface area contributed by atoms with Crippen LogP contribution in [-0.4, -0.2) is 28.8 Å². The first-order chi connectivity index (χ1) is 11.2. The summed E-state index contributed by atoms with van der Waals surface area (Å²) in [5, 5.41) is 10.8. The molecule has 1 fully saturated rings. The lowest BCUT2D eigenvalue weighted by molar-refractivity contribution is -0.116. The molecule has 23 heavy (non-hydrogen) atoms. The number of aromatic nitrogens is 2. The molecule has 1 aromatic carbocycles. The number of amides is 1. The zero-order valence-corrected chi connectivity index (χ0v) is 13.6. The average Bonchev–Trinajstić information content (AvgIpc) is 3.01. The van der Waals surface area contributed by atoms with Gasteiger partial charge in [-0.2, -0.15) is 5.10 Å². The summed E-state index contributed by atoms with van der Waals surface area (Å²) in [6, 6.07) is 9.73. The molecular weight excluding hydrogens is 288 g/mol. The summed E-state index contributed by atoms with van der Waals surface area (Å²) >= 11 is 0. The topological polar surface area (TPSA) is 59.0 Å². The molecule has 0 spiro atoms. The average molecular weight is 312 g/mol. The number of benzene rings is 1. The van der Waals surface area contributed by atoms with Crippen LogP contribution in [0.15, 0.2) is 36.5 Å². The van der Waals surface area contributed by atoms with Crippen LogP contribution < -0.4 is 10.6 Å². The molecule has 122 valence electrons. The molecule has 1 aliphatic rings. The van der Waals surface area contributed by atoms with Gasteiger partial charge >= 0.3 is 0 Å². The Balaban J connectivity index is 1.62. The van der Waals surface area contributed by atoms with Gasteiger partial charge in [-0.3, -0.25) is 4.79 Å². The maximum absolute atomic E-state index is 12.3. The first-order valence-corrected chi connectivity index (χ1v) is 8.34. The monoisotopic (exact) mass is 312 g/mol. The highest BCUT2D eigenvalue weighted by atomic mass is 16.1. The molecule has 1 saturated heterocycles. The smallest absolute Gasteiger partial charge is 0.224 e. The number of hydrogen-bond acceptors (Lipinski definition) is 3. The second-order valence-corrected chi connectivity index (χ2v) is 6.20. The van der Waals surface area contributed by atoms with Gasteiger partial charge in [-0.1, -0.05) is 12.1 Å². The van der Waals surface area contributed by atoms with E-state index in [4.69, 9.17) is 0 Å². The van der Waals surface area contributed by atoms with E-state index in [1.54, 1.807) is 4.68 Å². The number of nitrogens with one attached hydrogen (secondary N) is 2. The predicted octanol–water partition coefficient (Wildman–Crippen LogP) is 2.90. The lowest BCUT2D eigenvalue weighted by Gasteiger charge is -2.22. The van der Waals surface area contributed by atoms with Crippen LogP contribution in [0, 0.1) is 12.8 Å². The number of carbonyl (C=O) groups is 1. The van der Waals surface area contributed by atoms with E-state index in [0.717, 1.165) is 36.6 Å². The lowest BCUT2D eigenvalue weighted by atomic mass is 9.93. The van der Waals surface area contributed by atoms with Gasteiger partial charge in [0.25, 0.3) is 0 Å². The molecule has 1 aromatic heterocycles. The molecule has 5 nitrogen and oxygen atoms in total. The summed E-state index contributed by atoms with van der Waals surface area (Å²) in [5.41, 5.74) is 2.67. The SMILES string of the molecule is Cc1ccn(-c2ccccc2NC(=O)CCC2CCNCC2)n1. The standard InChI is InChI=1S/C18H24N4O/c1-14-10-13-22(21-14)17-5-3-2-4-16(17)20-18(23)7-6-15-8-11-19-12-9-15/h2-5,10,13,15,19H,6-9,11-12H2,1H3,(H,20,23). The van der Waals surface area contributed by atoms with Crippen LogP contribution >= 0.6 is 0 Å². The molecule has 2 heterocycles. The summed E-state index contributed by atoms with van der Waals surface area (Å²) in [6.45, 7) is 4.11. The van der Waals surface area contributed by atoms with E-state index in [0.29, 0.717) is 12.3 Å². The van der Waals surface area contributed by atoms with Crippen molar-refractivity contribution in [2.75, 3.05) is 18.4 Å². The van der Waals surface area contributed by atoms with Crippen molar-refractivity contribution in [1.82, 2.24) is 15.1 Å². The molecule has 0 saturated carbocycles. The quantitative estimate of drug-likeness (QED) is 0.892. The Morgan fingerprint density at radius 3 is 2.83 bits per heavy atom. The Morgan fingerprint density at radius 2 is 2.09 bits per heavy atom. The zero-order valence-electron chi connectivity index (χ0n) is 13.6. The second kappa shape index (κ2) is 7.42. The maximum Gasteiger partial charge on any atom is 0.224 e. The van der Waals surface area contributed by atoms with Crippen molar-refractivity contribution in [3.8, 4) is 5.69 Å². The number of anilines is 1. The van der Waals surface area contributed by atoms with Crippen LogP contribution in [0.3, 0.4) is 0 Å². The lowest BCUT2D eigenvalue weighted by Crippen LogP contribution is -2.28. The Kier molecular flexibility index (Phi) is 5.08. The fourth-order valence-corrected chi connectivity index (χ4v) is 3.05. The van der Waals surface area contributed by atoms with Crippen molar-refractivity contribution in [2.45, 2.75) is 32.6 Å².